The normalized spacial score (nSPS) is 18.3. The van der Waals surface area contributed by atoms with Crippen molar-refractivity contribution in [3.8, 4) is 17.1 Å². The Kier molecular flexibility index (Phi) is 4.21. The van der Waals surface area contributed by atoms with Crippen LogP contribution in [-0.4, -0.2) is 27.2 Å². The monoisotopic (exact) mass is 384 g/mol. The lowest BCUT2D eigenvalue weighted by atomic mass is 9.80. The van der Waals surface area contributed by atoms with Crippen molar-refractivity contribution in [3.63, 3.8) is 0 Å². The van der Waals surface area contributed by atoms with Gasteiger partial charge in [-0.05, 0) is 42.2 Å². The highest BCUT2D eigenvalue weighted by Crippen LogP contribution is 2.42. The molecule has 3 heterocycles. The van der Waals surface area contributed by atoms with E-state index < -0.39 is 11.4 Å². The van der Waals surface area contributed by atoms with Crippen molar-refractivity contribution in [1.82, 2.24) is 9.55 Å². The molecule has 1 unspecified atom stereocenters. The lowest BCUT2D eigenvalue weighted by molar-refractivity contribution is 0.0693. The Hall–Kier alpha value is -2.83. The van der Waals surface area contributed by atoms with E-state index in [9.17, 15) is 19.5 Å². The SMILES string of the molecule is CC(C)(C)C1Cc2cc(OCC3CC3)c(=O)[nH]c2-c2cc(=O)c(C(=O)O)cn21. The predicted octanol–water partition coefficient (Wildman–Crippen LogP) is 2.83. The number of ether oxygens (including phenoxy) is 1. The summed E-state index contributed by atoms with van der Waals surface area (Å²) < 4.78 is 7.53. The van der Waals surface area contributed by atoms with Gasteiger partial charge in [-0.2, -0.15) is 0 Å². The van der Waals surface area contributed by atoms with Gasteiger partial charge in [-0.15, -0.1) is 0 Å². The van der Waals surface area contributed by atoms with Crippen LogP contribution < -0.4 is 15.7 Å². The van der Waals surface area contributed by atoms with E-state index in [0.29, 0.717) is 36.1 Å². The number of rotatable bonds is 4. The van der Waals surface area contributed by atoms with Crippen molar-refractivity contribution in [2.24, 2.45) is 11.3 Å². The zero-order chi connectivity index (χ0) is 20.2. The molecule has 1 fully saturated rings. The zero-order valence-corrected chi connectivity index (χ0v) is 16.2. The molecule has 1 aliphatic carbocycles. The van der Waals surface area contributed by atoms with Gasteiger partial charge in [0.2, 0.25) is 0 Å². The smallest absolute Gasteiger partial charge is 0.341 e. The molecule has 28 heavy (non-hydrogen) atoms. The number of carbonyl (C=O) groups is 1. The molecule has 0 amide bonds. The molecular formula is C21H24N2O5. The lowest BCUT2D eigenvalue weighted by Gasteiger charge is -2.38. The fraction of sp³-hybridized carbons (Fsp3) is 0.476. The molecule has 148 valence electrons. The minimum absolute atomic E-state index is 0.0733. The summed E-state index contributed by atoms with van der Waals surface area (Å²) in [5.41, 5.74) is 0.605. The second-order valence-electron chi connectivity index (χ2n) is 8.85. The highest BCUT2D eigenvalue weighted by Gasteiger charge is 2.34. The largest absolute Gasteiger partial charge is 0.488 e. The number of nitrogens with zero attached hydrogens (tertiary/aromatic N) is 1. The summed E-state index contributed by atoms with van der Waals surface area (Å²) in [5.74, 6) is -0.418. The van der Waals surface area contributed by atoms with E-state index in [1.165, 1.54) is 12.3 Å². The minimum atomic E-state index is -1.25. The van der Waals surface area contributed by atoms with E-state index in [4.69, 9.17) is 4.74 Å². The quantitative estimate of drug-likeness (QED) is 0.844. The summed E-state index contributed by atoms with van der Waals surface area (Å²) in [4.78, 5) is 39.1. The summed E-state index contributed by atoms with van der Waals surface area (Å²) in [5, 5.41) is 9.35. The van der Waals surface area contributed by atoms with Crippen LogP contribution in [0.15, 0.2) is 27.9 Å². The van der Waals surface area contributed by atoms with E-state index in [0.717, 1.165) is 18.4 Å². The number of carboxylic acid groups (broad SMARTS) is 1. The first-order valence-electron chi connectivity index (χ1n) is 9.54. The first-order chi connectivity index (χ1) is 13.1. The van der Waals surface area contributed by atoms with Crippen molar-refractivity contribution in [1.29, 1.82) is 0 Å². The van der Waals surface area contributed by atoms with Crippen LogP contribution >= 0.6 is 0 Å². The molecule has 0 aromatic carbocycles. The van der Waals surface area contributed by atoms with Crippen molar-refractivity contribution < 1.29 is 14.6 Å². The number of H-pyrrole nitrogens is 1. The summed E-state index contributed by atoms with van der Waals surface area (Å²) in [6, 6.07) is 3.01. The molecule has 1 aliphatic heterocycles. The van der Waals surface area contributed by atoms with Gasteiger partial charge in [-0.1, -0.05) is 20.8 Å². The average molecular weight is 384 g/mol. The number of pyridine rings is 2. The number of fused-ring (bicyclic) bond motifs is 3. The van der Waals surface area contributed by atoms with Gasteiger partial charge >= 0.3 is 5.97 Å². The highest BCUT2D eigenvalue weighted by atomic mass is 16.5. The predicted molar refractivity (Wildman–Crippen MR) is 104 cm³/mol. The van der Waals surface area contributed by atoms with E-state index in [1.54, 1.807) is 6.07 Å². The van der Waals surface area contributed by atoms with E-state index in [-0.39, 0.29) is 22.6 Å². The Balaban J connectivity index is 1.87. The van der Waals surface area contributed by atoms with E-state index in [1.807, 2.05) is 4.57 Å². The number of nitrogens with one attached hydrogen (secondary N) is 1. The second-order valence-corrected chi connectivity index (χ2v) is 8.85. The van der Waals surface area contributed by atoms with Gasteiger partial charge in [-0.25, -0.2) is 4.79 Å². The topological polar surface area (TPSA) is 101 Å². The molecule has 2 aromatic rings. The van der Waals surface area contributed by atoms with Gasteiger partial charge in [0.25, 0.3) is 5.56 Å². The number of carboxylic acids is 1. The molecule has 0 radical (unpaired) electrons. The highest BCUT2D eigenvalue weighted by molar-refractivity contribution is 5.87. The molecule has 0 bridgehead atoms. The maximum Gasteiger partial charge on any atom is 0.341 e. The Labute approximate surface area is 162 Å². The molecule has 1 atom stereocenters. The summed E-state index contributed by atoms with van der Waals surface area (Å²) in [6.45, 7) is 6.76. The molecule has 7 heteroatoms. The number of aromatic amines is 1. The average Bonchev–Trinajstić information content (AvgIpc) is 3.42. The summed E-state index contributed by atoms with van der Waals surface area (Å²) >= 11 is 0. The molecule has 2 aliphatic rings. The van der Waals surface area contributed by atoms with Crippen LogP contribution in [0.1, 0.15) is 55.6 Å². The third-order valence-corrected chi connectivity index (χ3v) is 5.58. The molecule has 0 spiro atoms. The molecule has 4 rings (SSSR count). The molecule has 2 N–H and O–H groups in total. The van der Waals surface area contributed by atoms with E-state index in [2.05, 4.69) is 25.8 Å². The maximum absolute atomic E-state index is 12.5. The van der Waals surface area contributed by atoms with Crippen molar-refractivity contribution in [2.75, 3.05) is 6.61 Å². The lowest BCUT2D eigenvalue weighted by Crippen LogP contribution is -2.34. The third kappa shape index (κ3) is 3.25. The van der Waals surface area contributed by atoms with Gasteiger partial charge in [0, 0.05) is 18.3 Å². The van der Waals surface area contributed by atoms with Crippen LogP contribution in [0.2, 0.25) is 0 Å². The first-order valence-corrected chi connectivity index (χ1v) is 9.54. The number of aromatic nitrogens is 2. The van der Waals surface area contributed by atoms with Crippen molar-refractivity contribution >= 4 is 5.97 Å². The molecule has 7 nitrogen and oxygen atoms in total. The van der Waals surface area contributed by atoms with Crippen LogP contribution in [0.3, 0.4) is 0 Å². The summed E-state index contributed by atoms with van der Waals surface area (Å²) in [7, 11) is 0. The fourth-order valence-electron chi connectivity index (χ4n) is 3.74. The standard InChI is InChI=1S/C21H24N2O5/c1-21(2,3)17-7-12-6-16(28-10-11-4-5-11)19(25)22-18(12)14-8-15(24)13(20(26)27)9-23(14)17/h6,8-9,11,17H,4-5,7,10H2,1-3H3,(H,22,25)(H,26,27). The summed E-state index contributed by atoms with van der Waals surface area (Å²) in [6.07, 6.45) is 4.27. The van der Waals surface area contributed by atoms with Crippen LogP contribution in [-0.2, 0) is 6.42 Å². The van der Waals surface area contributed by atoms with Crippen molar-refractivity contribution in [2.45, 2.75) is 46.1 Å². The van der Waals surface area contributed by atoms with Crippen molar-refractivity contribution in [3.05, 3.63) is 50.0 Å². The Morgan fingerprint density at radius 2 is 2.00 bits per heavy atom. The number of hydrogen-bond acceptors (Lipinski definition) is 4. The number of hydrogen-bond donors (Lipinski definition) is 2. The first kappa shape index (κ1) is 18.5. The third-order valence-electron chi connectivity index (χ3n) is 5.58. The number of aromatic carboxylic acids is 1. The van der Waals surface area contributed by atoms with Crippen LogP contribution in [0.5, 0.6) is 5.75 Å². The van der Waals surface area contributed by atoms with Gasteiger partial charge in [0.15, 0.2) is 11.2 Å². The Bertz CT molecular complexity index is 1070. The van der Waals surface area contributed by atoms with E-state index >= 15 is 0 Å². The fourth-order valence-corrected chi connectivity index (χ4v) is 3.74. The maximum atomic E-state index is 12.5. The molecular weight excluding hydrogens is 360 g/mol. The van der Waals surface area contributed by atoms with Crippen LogP contribution in [0.25, 0.3) is 11.4 Å². The Morgan fingerprint density at radius 3 is 2.61 bits per heavy atom. The van der Waals surface area contributed by atoms with Gasteiger partial charge in [-0.3, -0.25) is 9.59 Å². The van der Waals surface area contributed by atoms with Gasteiger partial charge in [0.1, 0.15) is 5.56 Å². The van der Waals surface area contributed by atoms with Gasteiger partial charge in [0.05, 0.1) is 18.0 Å². The molecule has 0 saturated heterocycles. The Morgan fingerprint density at radius 1 is 1.29 bits per heavy atom. The second kappa shape index (κ2) is 6.36. The van der Waals surface area contributed by atoms with Crippen LogP contribution in [0, 0.1) is 11.3 Å². The van der Waals surface area contributed by atoms with Gasteiger partial charge < -0.3 is 19.4 Å². The molecule has 2 aromatic heterocycles. The molecule has 1 saturated carbocycles. The zero-order valence-electron chi connectivity index (χ0n) is 16.2. The van der Waals surface area contributed by atoms with Crippen LogP contribution in [0.4, 0.5) is 0 Å². The minimum Gasteiger partial charge on any atom is -0.488 e.